The second-order valence-electron chi connectivity index (χ2n) is 5.70. The second kappa shape index (κ2) is 6.38. The van der Waals surface area contributed by atoms with Gasteiger partial charge in [0, 0.05) is 23.7 Å². The standard InChI is InChI=1S/C16H19ClN2O3/c1-19(16(10-20)5-6-21-11-16)8-14-9-22-15(18-14)12-3-2-4-13(17)7-12/h2-4,7,9,20H,5-6,8,10-11H2,1H3. The monoisotopic (exact) mass is 322 g/mol. The highest BCUT2D eigenvalue weighted by Crippen LogP contribution is 2.27. The number of aliphatic hydroxyl groups is 1. The zero-order valence-electron chi connectivity index (χ0n) is 12.5. The van der Waals surface area contributed by atoms with Crippen LogP contribution in [0.2, 0.25) is 5.02 Å². The minimum atomic E-state index is -0.324. The Bertz CT molecular complexity index is 638. The molecule has 0 aliphatic carbocycles. The Morgan fingerprint density at radius 3 is 3.00 bits per heavy atom. The van der Waals surface area contributed by atoms with Crippen LogP contribution in [0, 0.1) is 0 Å². The molecule has 1 fully saturated rings. The molecule has 0 spiro atoms. The molecule has 1 atom stereocenters. The van der Waals surface area contributed by atoms with Crippen LogP contribution in [0.3, 0.4) is 0 Å². The predicted octanol–water partition coefficient (Wildman–Crippen LogP) is 2.58. The maximum atomic E-state index is 9.70. The maximum Gasteiger partial charge on any atom is 0.226 e. The fourth-order valence-electron chi connectivity index (χ4n) is 2.69. The molecule has 1 aromatic heterocycles. The minimum absolute atomic E-state index is 0.0719. The number of rotatable bonds is 5. The first-order chi connectivity index (χ1) is 10.6. The van der Waals surface area contributed by atoms with E-state index >= 15 is 0 Å². The summed E-state index contributed by atoms with van der Waals surface area (Å²) in [6.45, 7) is 1.88. The number of oxazole rings is 1. The predicted molar refractivity (Wildman–Crippen MR) is 83.7 cm³/mol. The molecule has 0 bridgehead atoms. The number of hydrogen-bond donors (Lipinski definition) is 1. The van der Waals surface area contributed by atoms with Crippen LogP contribution in [0.15, 0.2) is 34.9 Å². The molecule has 0 amide bonds. The van der Waals surface area contributed by atoms with Gasteiger partial charge in [-0.05, 0) is 31.7 Å². The van der Waals surface area contributed by atoms with Crippen molar-refractivity contribution in [3.63, 3.8) is 0 Å². The molecular formula is C16H19ClN2O3. The first-order valence-electron chi connectivity index (χ1n) is 7.23. The molecule has 2 heterocycles. The summed E-state index contributed by atoms with van der Waals surface area (Å²) in [6, 6.07) is 7.41. The van der Waals surface area contributed by atoms with E-state index in [1.807, 2.05) is 31.3 Å². The number of nitrogens with zero attached hydrogens (tertiary/aromatic N) is 2. The van der Waals surface area contributed by atoms with E-state index < -0.39 is 0 Å². The van der Waals surface area contributed by atoms with Crippen molar-refractivity contribution in [3.8, 4) is 11.5 Å². The van der Waals surface area contributed by atoms with Gasteiger partial charge in [-0.15, -0.1) is 0 Å². The molecule has 1 aliphatic rings. The van der Waals surface area contributed by atoms with Crippen LogP contribution in [-0.2, 0) is 11.3 Å². The Morgan fingerprint density at radius 2 is 2.32 bits per heavy atom. The molecule has 1 unspecified atom stereocenters. The van der Waals surface area contributed by atoms with Gasteiger partial charge in [-0.1, -0.05) is 17.7 Å². The van der Waals surface area contributed by atoms with Crippen molar-refractivity contribution in [1.82, 2.24) is 9.88 Å². The van der Waals surface area contributed by atoms with Crippen molar-refractivity contribution < 1.29 is 14.3 Å². The van der Waals surface area contributed by atoms with Crippen molar-refractivity contribution in [2.24, 2.45) is 0 Å². The largest absolute Gasteiger partial charge is 0.444 e. The average molecular weight is 323 g/mol. The molecule has 1 aromatic carbocycles. The molecule has 0 radical (unpaired) electrons. The van der Waals surface area contributed by atoms with Crippen molar-refractivity contribution in [3.05, 3.63) is 41.2 Å². The Labute approximate surface area is 134 Å². The van der Waals surface area contributed by atoms with Crippen molar-refractivity contribution in [1.29, 1.82) is 0 Å². The number of ether oxygens (including phenoxy) is 1. The number of benzene rings is 1. The smallest absolute Gasteiger partial charge is 0.226 e. The number of halogens is 1. The molecule has 5 nitrogen and oxygen atoms in total. The average Bonchev–Trinajstić information content (AvgIpc) is 3.17. The van der Waals surface area contributed by atoms with Crippen LogP contribution in [0.1, 0.15) is 12.1 Å². The van der Waals surface area contributed by atoms with Gasteiger partial charge in [-0.3, -0.25) is 4.90 Å². The quantitative estimate of drug-likeness (QED) is 0.917. The Hall–Kier alpha value is -1.40. The SMILES string of the molecule is CN(Cc1coc(-c2cccc(Cl)c2)n1)C1(CO)CCOC1. The Morgan fingerprint density at radius 1 is 1.45 bits per heavy atom. The summed E-state index contributed by atoms with van der Waals surface area (Å²) in [5, 5.41) is 10.3. The van der Waals surface area contributed by atoms with E-state index in [4.69, 9.17) is 20.8 Å². The Kier molecular flexibility index (Phi) is 4.49. The van der Waals surface area contributed by atoms with Gasteiger partial charge in [-0.25, -0.2) is 4.98 Å². The van der Waals surface area contributed by atoms with Gasteiger partial charge in [0.25, 0.3) is 0 Å². The van der Waals surface area contributed by atoms with Crippen LogP contribution in [-0.4, -0.2) is 47.4 Å². The normalized spacial score (nSPS) is 21.6. The molecule has 1 N–H and O–H groups in total. The molecule has 3 rings (SSSR count). The molecule has 2 aromatic rings. The lowest BCUT2D eigenvalue weighted by Gasteiger charge is -2.35. The fraction of sp³-hybridized carbons (Fsp3) is 0.438. The summed E-state index contributed by atoms with van der Waals surface area (Å²) in [4.78, 5) is 6.59. The topological polar surface area (TPSA) is 58.7 Å². The van der Waals surface area contributed by atoms with Gasteiger partial charge in [-0.2, -0.15) is 0 Å². The van der Waals surface area contributed by atoms with E-state index in [1.54, 1.807) is 6.26 Å². The lowest BCUT2D eigenvalue weighted by molar-refractivity contribution is 0.0308. The van der Waals surface area contributed by atoms with Crippen LogP contribution in [0.4, 0.5) is 0 Å². The van der Waals surface area contributed by atoms with E-state index in [9.17, 15) is 5.11 Å². The number of likely N-dealkylation sites (N-methyl/N-ethyl adjacent to an activating group) is 1. The third-order valence-corrected chi connectivity index (χ3v) is 4.44. The summed E-state index contributed by atoms with van der Waals surface area (Å²) in [7, 11) is 1.97. The lowest BCUT2D eigenvalue weighted by Crippen LogP contribution is -2.49. The lowest BCUT2D eigenvalue weighted by atomic mass is 9.98. The highest BCUT2D eigenvalue weighted by Gasteiger charge is 2.38. The van der Waals surface area contributed by atoms with Crippen molar-refractivity contribution in [2.75, 3.05) is 26.9 Å². The van der Waals surface area contributed by atoms with Gasteiger partial charge in [0.15, 0.2) is 0 Å². The van der Waals surface area contributed by atoms with Gasteiger partial charge in [0.1, 0.15) is 6.26 Å². The fourth-order valence-corrected chi connectivity index (χ4v) is 2.88. The highest BCUT2D eigenvalue weighted by atomic mass is 35.5. The molecule has 1 saturated heterocycles. The molecule has 22 heavy (non-hydrogen) atoms. The van der Waals surface area contributed by atoms with Crippen LogP contribution >= 0.6 is 11.6 Å². The minimum Gasteiger partial charge on any atom is -0.444 e. The number of aliphatic hydroxyl groups excluding tert-OH is 1. The van der Waals surface area contributed by atoms with Gasteiger partial charge >= 0.3 is 0 Å². The maximum absolute atomic E-state index is 9.70. The van der Waals surface area contributed by atoms with Gasteiger partial charge < -0.3 is 14.3 Å². The van der Waals surface area contributed by atoms with E-state index in [1.165, 1.54) is 0 Å². The molecule has 0 saturated carbocycles. The Balaban J connectivity index is 1.74. The number of aromatic nitrogens is 1. The number of hydrogen-bond acceptors (Lipinski definition) is 5. The van der Waals surface area contributed by atoms with Crippen molar-refractivity contribution in [2.45, 2.75) is 18.5 Å². The van der Waals surface area contributed by atoms with Gasteiger partial charge in [0.2, 0.25) is 5.89 Å². The molecule has 118 valence electrons. The molecule has 6 heteroatoms. The van der Waals surface area contributed by atoms with Gasteiger partial charge in [0.05, 0.1) is 24.4 Å². The summed E-state index contributed by atoms with van der Waals surface area (Å²) in [5.74, 6) is 0.548. The molecular weight excluding hydrogens is 304 g/mol. The molecule has 1 aliphatic heterocycles. The summed E-state index contributed by atoms with van der Waals surface area (Å²) in [6.07, 6.45) is 2.46. The zero-order chi connectivity index (χ0) is 15.6. The summed E-state index contributed by atoms with van der Waals surface area (Å²) >= 11 is 5.99. The third-order valence-electron chi connectivity index (χ3n) is 4.21. The van der Waals surface area contributed by atoms with Crippen LogP contribution in [0.25, 0.3) is 11.5 Å². The summed E-state index contributed by atoms with van der Waals surface area (Å²) in [5.41, 5.74) is 1.34. The van der Waals surface area contributed by atoms with E-state index in [-0.39, 0.29) is 12.1 Å². The van der Waals surface area contributed by atoms with E-state index in [0.717, 1.165) is 17.7 Å². The van der Waals surface area contributed by atoms with Crippen molar-refractivity contribution >= 4 is 11.6 Å². The first-order valence-corrected chi connectivity index (χ1v) is 7.61. The highest BCUT2D eigenvalue weighted by molar-refractivity contribution is 6.30. The second-order valence-corrected chi connectivity index (χ2v) is 6.13. The van der Waals surface area contributed by atoms with Crippen LogP contribution < -0.4 is 0 Å². The third kappa shape index (κ3) is 3.03. The van der Waals surface area contributed by atoms with E-state index in [2.05, 4.69) is 9.88 Å². The summed E-state index contributed by atoms with van der Waals surface area (Å²) < 4.78 is 11.0. The van der Waals surface area contributed by atoms with E-state index in [0.29, 0.717) is 30.7 Å². The first kappa shape index (κ1) is 15.5. The van der Waals surface area contributed by atoms with Crippen LogP contribution in [0.5, 0.6) is 0 Å². The zero-order valence-corrected chi connectivity index (χ0v) is 13.2.